The minimum absolute atomic E-state index is 0.0430. The van der Waals surface area contributed by atoms with Gasteiger partial charge in [-0.2, -0.15) is 0 Å². The summed E-state index contributed by atoms with van der Waals surface area (Å²) in [5, 5.41) is 51.5. The van der Waals surface area contributed by atoms with Gasteiger partial charge in [-0.3, -0.25) is 0 Å². The highest BCUT2D eigenvalue weighted by molar-refractivity contribution is 5.63. The van der Waals surface area contributed by atoms with Crippen molar-refractivity contribution in [3.05, 3.63) is 40.3 Å². The summed E-state index contributed by atoms with van der Waals surface area (Å²) in [6.45, 7) is 0. The predicted molar refractivity (Wildman–Crippen MR) is 78.1 cm³/mol. The van der Waals surface area contributed by atoms with Crippen molar-refractivity contribution in [2.24, 2.45) is 5.18 Å². The summed E-state index contributed by atoms with van der Waals surface area (Å²) in [4.78, 5) is 10.5. The van der Waals surface area contributed by atoms with Crippen molar-refractivity contribution in [3.63, 3.8) is 0 Å². The molecule has 0 aliphatic carbocycles. The number of nitroso groups, excluding NO2 is 1. The van der Waals surface area contributed by atoms with Gasteiger partial charge in [0.2, 0.25) is 0 Å². The van der Waals surface area contributed by atoms with E-state index >= 15 is 0 Å². The van der Waals surface area contributed by atoms with E-state index in [9.17, 15) is 30.4 Å². The standard InChI is InChI=1S/C15H13NO7/c17-7-3-9(18)8-5-12(21)15(23-13(8)4-7)6-1-10(19)14(16-22)11(20)2-6/h1-4,12,15,17-21H,5H2/t12-,15-/m1/s1. The quantitative estimate of drug-likeness (QED) is 0.533. The number of hydrogen-bond donors (Lipinski definition) is 5. The number of aromatic hydroxyl groups is 4. The highest BCUT2D eigenvalue weighted by atomic mass is 16.5. The van der Waals surface area contributed by atoms with E-state index in [0.717, 1.165) is 18.2 Å². The molecule has 0 fully saturated rings. The number of ether oxygens (including phenoxy) is 1. The fraction of sp³-hybridized carbons (Fsp3) is 0.200. The fourth-order valence-electron chi connectivity index (χ4n) is 2.63. The first-order valence-electron chi connectivity index (χ1n) is 6.69. The Morgan fingerprint density at radius 2 is 1.65 bits per heavy atom. The number of aliphatic hydroxyl groups is 1. The minimum Gasteiger partial charge on any atom is -0.508 e. The Morgan fingerprint density at radius 3 is 2.26 bits per heavy atom. The van der Waals surface area contributed by atoms with Gasteiger partial charge in [-0.1, -0.05) is 0 Å². The summed E-state index contributed by atoms with van der Waals surface area (Å²) in [6.07, 6.45) is -2.01. The molecule has 120 valence electrons. The molecule has 0 bridgehead atoms. The minimum atomic E-state index is -1.08. The molecule has 1 aliphatic heterocycles. The molecule has 0 amide bonds. The zero-order valence-electron chi connectivity index (χ0n) is 11.7. The molecule has 2 aromatic carbocycles. The van der Waals surface area contributed by atoms with Crippen LogP contribution in [-0.4, -0.2) is 31.6 Å². The Bertz CT molecular complexity index is 767. The zero-order valence-corrected chi connectivity index (χ0v) is 11.7. The van der Waals surface area contributed by atoms with E-state index < -0.39 is 29.4 Å². The van der Waals surface area contributed by atoms with E-state index in [-0.39, 0.29) is 29.2 Å². The van der Waals surface area contributed by atoms with Gasteiger partial charge in [0.1, 0.15) is 28.7 Å². The van der Waals surface area contributed by atoms with Crippen molar-refractivity contribution < 1.29 is 30.3 Å². The van der Waals surface area contributed by atoms with Crippen LogP contribution >= 0.6 is 0 Å². The Balaban J connectivity index is 2.03. The maximum Gasteiger partial charge on any atom is 0.191 e. The monoisotopic (exact) mass is 319 g/mol. The van der Waals surface area contributed by atoms with E-state index in [4.69, 9.17) is 4.74 Å². The van der Waals surface area contributed by atoms with Gasteiger partial charge >= 0.3 is 0 Å². The summed E-state index contributed by atoms with van der Waals surface area (Å²) in [5.74, 6) is -1.33. The third-order valence-electron chi connectivity index (χ3n) is 3.70. The number of phenols is 4. The molecule has 23 heavy (non-hydrogen) atoms. The van der Waals surface area contributed by atoms with E-state index in [1.165, 1.54) is 6.07 Å². The Morgan fingerprint density at radius 1 is 1.00 bits per heavy atom. The van der Waals surface area contributed by atoms with Gasteiger partial charge < -0.3 is 30.3 Å². The SMILES string of the molecule is O=Nc1c(O)cc([C@H]2Oc3cc(O)cc(O)c3C[C@H]2O)cc1O. The van der Waals surface area contributed by atoms with Crippen LogP contribution in [0.4, 0.5) is 5.69 Å². The van der Waals surface area contributed by atoms with Crippen molar-refractivity contribution in [1.82, 2.24) is 0 Å². The Labute approximate surface area is 129 Å². The molecule has 2 atom stereocenters. The van der Waals surface area contributed by atoms with E-state index in [1.807, 2.05) is 0 Å². The van der Waals surface area contributed by atoms with Crippen LogP contribution in [0.5, 0.6) is 28.7 Å². The molecule has 0 saturated carbocycles. The molecule has 8 nitrogen and oxygen atoms in total. The van der Waals surface area contributed by atoms with Crippen molar-refractivity contribution in [2.75, 3.05) is 0 Å². The van der Waals surface area contributed by atoms with Gasteiger partial charge in [0.05, 0.1) is 6.10 Å². The maximum absolute atomic E-state index is 10.5. The molecule has 0 radical (unpaired) electrons. The lowest BCUT2D eigenvalue weighted by atomic mass is 9.93. The third kappa shape index (κ3) is 2.49. The molecule has 0 saturated heterocycles. The first kappa shape index (κ1) is 14.9. The second kappa shape index (κ2) is 5.33. The summed E-state index contributed by atoms with van der Waals surface area (Å²) >= 11 is 0. The largest absolute Gasteiger partial charge is 0.508 e. The van der Waals surface area contributed by atoms with Gasteiger partial charge in [0.25, 0.3) is 0 Å². The Hall–Kier alpha value is -3.00. The van der Waals surface area contributed by atoms with Gasteiger partial charge in [-0.25, -0.2) is 0 Å². The number of hydrogen-bond acceptors (Lipinski definition) is 8. The highest BCUT2D eigenvalue weighted by Crippen LogP contribution is 2.44. The summed E-state index contributed by atoms with van der Waals surface area (Å²) in [5.41, 5.74) is 0.0503. The van der Waals surface area contributed by atoms with Crippen LogP contribution in [0.3, 0.4) is 0 Å². The number of nitrogens with zero attached hydrogens (tertiary/aromatic N) is 1. The van der Waals surface area contributed by atoms with Crippen LogP contribution in [0.2, 0.25) is 0 Å². The number of aliphatic hydroxyl groups excluding tert-OH is 1. The summed E-state index contributed by atoms with van der Waals surface area (Å²) in [6, 6.07) is 4.72. The lowest BCUT2D eigenvalue weighted by Crippen LogP contribution is -2.30. The van der Waals surface area contributed by atoms with E-state index in [1.54, 1.807) is 0 Å². The van der Waals surface area contributed by atoms with Crippen molar-refractivity contribution >= 4 is 5.69 Å². The van der Waals surface area contributed by atoms with Crippen LogP contribution in [0.15, 0.2) is 29.4 Å². The zero-order chi connectivity index (χ0) is 16.7. The topological polar surface area (TPSA) is 140 Å². The molecule has 3 rings (SSSR count). The van der Waals surface area contributed by atoms with Crippen LogP contribution in [0.25, 0.3) is 0 Å². The molecule has 2 aromatic rings. The molecular weight excluding hydrogens is 306 g/mol. The molecule has 0 spiro atoms. The molecule has 1 aliphatic rings. The first-order chi connectivity index (χ1) is 10.9. The second-order valence-corrected chi connectivity index (χ2v) is 5.25. The molecule has 8 heteroatoms. The van der Waals surface area contributed by atoms with Crippen molar-refractivity contribution in [1.29, 1.82) is 0 Å². The average Bonchev–Trinajstić information content (AvgIpc) is 2.47. The molecule has 5 N–H and O–H groups in total. The smallest absolute Gasteiger partial charge is 0.191 e. The number of fused-ring (bicyclic) bond motifs is 1. The number of phenolic OH excluding ortho intramolecular Hbond substituents is 4. The molecule has 1 heterocycles. The summed E-state index contributed by atoms with van der Waals surface area (Å²) in [7, 11) is 0. The molecule has 0 aromatic heterocycles. The molecular formula is C15H13NO7. The van der Waals surface area contributed by atoms with E-state index in [2.05, 4.69) is 5.18 Å². The lowest BCUT2D eigenvalue weighted by Gasteiger charge is -2.31. The number of benzene rings is 2. The van der Waals surface area contributed by atoms with Gasteiger partial charge in [-0.05, 0) is 17.3 Å². The van der Waals surface area contributed by atoms with Gasteiger partial charge in [-0.15, -0.1) is 4.91 Å². The second-order valence-electron chi connectivity index (χ2n) is 5.25. The highest BCUT2D eigenvalue weighted by Gasteiger charge is 2.33. The maximum atomic E-state index is 10.5. The lowest BCUT2D eigenvalue weighted by molar-refractivity contribution is 0.0196. The fourth-order valence-corrected chi connectivity index (χ4v) is 2.63. The predicted octanol–water partition coefficient (Wildman–Crippen LogP) is 1.94. The third-order valence-corrected chi connectivity index (χ3v) is 3.70. The van der Waals surface area contributed by atoms with Crippen LogP contribution in [0, 0.1) is 4.91 Å². The first-order valence-corrected chi connectivity index (χ1v) is 6.69. The van der Waals surface area contributed by atoms with Crippen LogP contribution in [0.1, 0.15) is 17.2 Å². The van der Waals surface area contributed by atoms with Crippen LogP contribution < -0.4 is 4.74 Å². The summed E-state index contributed by atoms with van der Waals surface area (Å²) < 4.78 is 5.57. The number of rotatable bonds is 2. The van der Waals surface area contributed by atoms with Crippen molar-refractivity contribution in [2.45, 2.75) is 18.6 Å². The van der Waals surface area contributed by atoms with E-state index in [0.29, 0.717) is 5.56 Å². The van der Waals surface area contributed by atoms with Crippen LogP contribution in [-0.2, 0) is 6.42 Å². The normalized spacial score (nSPS) is 19.7. The van der Waals surface area contributed by atoms with Gasteiger partial charge in [0.15, 0.2) is 11.8 Å². The Kier molecular flexibility index (Phi) is 3.45. The van der Waals surface area contributed by atoms with Crippen molar-refractivity contribution in [3.8, 4) is 28.7 Å². The molecule has 0 unspecified atom stereocenters. The average molecular weight is 319 g/mol. The van der Waals surface area contributed by atoms with Gasteiger partial charge in [0, 0.05) is 29.7 Å².